The molecule has 1 aliphatic rings. The van der Waals surface area contributed by atoms with E-state index in [0.29, 0.717) is 11.8 Å². The van der Waals surface area contributed by atoms with Crippen molar-refractivity contribution in [2.45, 2.75) is 45.1 Å². The van der Waals surface area contributed by atoms with E-state index in [1.165, 1.54) is 18.4 Å². The van der Waals surface area contributed by atoms with Crippen LogP contribution < -0.4 is 5.32 Å². The quantitative estimate of drug-likeness (QED) is 0.792. The third kappa shape index (κ3) is 3.53. The van der Waals surface area contributed by atoms with Gasteiger partial charge in [0.25, 0.3) is 0 Å². The standard InChI is InChI=1S/C15H22FN/c1-3-11(2)15(10-17-14-8-9-14)12-4-6-13(16)7-5-12/h4-7,11,14-15,17H,3,8-10H2,1-2H3. The van der Waals surface area contributed by atoms with Gasteiger partial charge in [0, 0.05) is 12.6 Å². The lowest BCUT2D eigenvalue weighted by molar-refractivity contribution is 0.419. The summed E-state index contributed by atoms with van der Waals surface area (Å²) in [5.41, 5.74) is 1.26. The third-order valence-corrected chi connectivity index (χ3v) is 3.83. The molecule has 1 aliphatic carbocycles. The molecule has 0 radical (unpaired) electrons. The van der Waals surface area contributed by atoms with Gasteiger partial charge < -0.3 is 5.32 Å². The first-order valence-corrected chi connectivity index (χ1v) is 6.69. The highest BCUT2D eigenvalue weighted by Gasteiger charge is 2.24. The number of halogens is 1. The predicted molar refractivity (Wildman–Crippen MR) is 69.6 cm³/mol. The zero-order valence-corrected chi connectivity index (χ0v) is 10.7. The largest absolute Gasteiger partial charge is 0.313 e. The highest BCUT2D eigenvalue weighted by atomic mass is 19.1. The summed E-state index contributed by atoms with van der Waals surface area (Å²) in [5, 5.41) is 3.59. The van der Waals surface area contributed by atoms with Gasteiger partial charge in [0.2, 0.25) is 0 Å². The second-order valence-corrected chi connectivity index (χ2v) is 5.23. The molecule has 1 fully saturated rings. The van der Waals surface area contributed by atoms with Crippen molar-refractivity contribution >= 4 is 0 Å². The Labute approximate surface area is 103 Å². The molecule has 0 aromatic heterocycles. The zero-order valence-electron chi connectivity index (χ0n) is 10.7. The zero-order chi connectivity index (χ0) is 12.3. The molecule has 17 heavy (non-hydrogen) atoms. The van der Waals surface area contributed by atoms with E-state index >= 15 is 0 Å². The molecule has 1 nitrogen and oxygen atoms in total. The molecule has 1 saturated carbocycles. The molecular weight excluding hydrogens is 213 g/mol. The van der Waals surface area contributed by atoms with Gasteiger partial charge >= 0.3 is 0 Å². The molecule has 2 atom stereocenters. The van der Waals surface area contributed by atoms with E-state index in [4.69, 9.17) is 0 Å². The van der Waals surface area contributed by atoms with E-state index in [9.17, 15) is 4.39 Å². The summed E-state index contributed by atoms with van der Waals surface area (Å²) < 4.78 is 12.9. The summed E-state index contributed by atoms with van der Waals surface area (Å²) in [5.74, 6) is 0.986. The van der Waals surface area contributed by atoms with Crippen LogP contribution >= 0.6 is 0 Å². The first-order chi connectivity index (χ1) is 8.20. The molecule has 94 valence electrons. The Bertz CT molecular complexity index is 342. The first-order valence-electron chi connectivity index (χ1n) is 6.69. The molecule has 0 heterocycles. The van der Waals surface area contributed by atoms with Gasteiger partial charge in [0.1, 0.15) is 5.82 Å². The third-order valence-electron chi connectivity index (χ3n) is 3.83. The van der Waals surface area contributed by atoms with Crippen LogP contribution in [-0.2, 0) is 0 Å². The highest BCUT2D eigenvalue weighted by Crippen LogP contribution is 2.28. The average molecular weight is 235 g/mol. The summed E-state index contributed by atoms with van der Waals surface area (Å²) in [6, 6.07) is 7.74. The fourth-order valence-electron chi connectivity index (χ4n) is 2.22. The topological polar surface area (TPSA) is 12.0 Å². The van der Waals surface area contributed by atoms with E-state index < -0.39 is 0 Å². The Morgan fingerprint density at radius 1 is 1.29 bits per heavy atom. The molecule has 1 N–H and O–H groups in total. The monoisotopic (exact) mass is 235 g/mol. The van der Waals surface area contributed by atoms with Gasteiger partial charge in [-0.25, -0.2) is 4.39 Å². The van der Waals surface area contributed by atoms with Crippen molar-refractivity contribution in [3.63, 3.8) is 0 Å². The van der Waals surface area contributed by atoms with Crippen LogP contribution in [0.1, 0.15) is 44.6 Å². The summed E-state index contributed by atoms with van der Waals surface area (Å²) >= 11 is 0. The molecule has 0 aliphatic heterocycles. The van der Waals surface area contributed by atoms with Gasteiger partial charge in [-0.2, -0.15) is 0 Å². The maximum absolute atomic E-state index is 12.9. The fourth-order valence-corrected chi connectivity index (χ4v) is 2.22. The minimum absolute atomic E-state index is 0.146. The number of nitrogens with one attached hydrogen (secondary N) is 1. The summed E-state index contributed by atoms with van der Waals surface area (Å²) in [4.78, 5) is 0. The van der Waals surface area contributed by atoms with Gasteiger partial charge in [-0.1, -0.05) is 32.4 Å². The summed E-state index contributed by atoms with van der Waals surface area (Å²) in [6.45, 7) is 5.52. The first kappa shape index (κ1) is 12.6. The van der Waals surface area contributed by atoms with Crippen molar-refractivity contribution in [1.82, 2.24) is 5.32 Å². The highest BCUT2D eigenvalue weighted by molar-refractivity contribution is 5.21. The van der Waals surface area contributed by atoms with Crippen LogP contribution in [0.3, 0.4) is 0 Å². The second kappa shape index (κ2) is 5.63. The molecule has 1 aromatic carbocycles. The lowest BCUT2D eigenvalue weighted by atomic mass is 9.85. The van der Waals surface area contributed by atoms with Gasteiger partial charge in [-0.3, -0.25) is 0 Å². The van der Waals surface area contributed by atoms with Crippen LogP contribution in [0, 0.1) is 11.7 Å². The molecular formula is C15H22FN. The second-order valence-electron chi connectivity index (χ2n) is 5.23. The minimum atomic E-state index is -0.146. The van der Waals surface area contributed by atoms with Gasteiger partial charge in [-0.05, 0) is 42.4 Å². The SMILES string of the molecule is CCC(C)C(CNC1CC1)c1ccc(F)cc1. The Kier molecular flexibility index (Phi) is 4.16. The van der Waals surface area contributed by atoms with Crippen molar-refractivity contribution in [3.05, 3.63) is 35.6 Å². The smallest absolute Gasteiger partial charge is 0.123 e. The fraction of sp³-hybridized carbons (Fsp3) is 0.600. The van der Waals surface area contributed by atoms with Gasteiger partial charge in [0.05, 0.1) is 0 Å². The van der Waals surface area contributed by atoms with E-state index in [1.807, 2.05) is 12.1 Å². The molecule has 2 unspecified atom stereocenters. The normalized spacial score (nSPS) is 19.0. The predicted octanol–water partition coefficient (Wildman–Crippen LogP) is 3.71. The van der Waals surface area contributed by atoms with Gasteiger partial charge in [-0.15, -0.1) is 0 Å². The van der Waals surface area contributed by atoms with E-state index in [2.05, 4.69) is 19.2 Å². The van der Waals surface area contributed by atoms with E-state index in [1.54, 1.807) is 12.1 Å². The average Bonchev–Trinajstić information content (AvgIpc) is 3.15. The van der Waals surface area contributed by atoms with Crippen molar-refractivity contribution in [2.24, 2.45) is 5.92 Å². The maximum atomic E-state index is 12.9. The number of benzene rings is 1. The van der Waals surface area contributed by atoms with Crippen LogP contribution in [0.2, 0.25) is 0 Å². The molecule has 0 spiro atoms. The summed E-state index contributed by atoms with van der Waals surface area (Å²) in [6.07, 6.45) is 3.79. The van der Waals surface area contributed by atoms with Crippen LogP contribution in [0.25, 0.3) is 0 Å². The Balaban J connectivity index is 2.04. The Morgan fingerprint density at radius 2 is 1.94 bits per heavy atom. The van der Waals surface area contributed by atoms with Crippen molar-refractivity contribution < 1.29 is 4.39 Å². The summed E-state index contributed by atoms with van der Waals surface area (Å²) in [7, 11) is 0. The van der Waals surface area contributed by atoms with Crippen LogP contribution in [-0.4, -0.2) is 12.6 Å². The van der Waals surface area contributed by atoms with Crippen LogP contribution in [0.5, 0.6) is 0 Å². The van der Waals surface area contributed by atoms with Crippen molar-refractivity contribution in [2.75, 3.05) is 6.54 Å². The van der Waals surface area contributed by atoms with E-state index in [-0.39, 0.29) is 5.82 Å². The lowest BCUT2D eigenvalue weighted by Gasteiger charge is -2.24. The molecule has 2 heteroatoms. The lowest BCUT2D eigenvalue weighted by Crippen LogP contribution is -2.27. The number of hydrogen-bond acceptors (Lipinski definition) is 1. The van der Waals surface area contributed by atoms with Crippen LogP contribution in [0.4, 0.5) is 4.39 Å². The van der Waals surface area contributed by atoms with Crippen molar-refractivity contribution in [1.29, 1.82) is 0 Å². The van der Waals surface area contributed by atoms with Crippen molar-refractivity contribution in [3.8, 4) is 0 Å². The minimum Gasteiger partial charge on any atom is -0.313 e. The Hall–Kier alpha value is -0.890. The maximum Gasteiger partial charge on any atom is 0.123 e. The number of hydrogen-bond donors (Lipinski definition) is 1. The molecule has 2 rings (SSSR count). The molecule has 0 saturated heterocycles. The molecule has 1 aromatic rings. The number of rotatable bonds is 6. The van der Waals surface area contributed by atoms with Gasteiger partial charge in [0.15, 0.2) is 0 Å². The van der Waals surface area contributed by atoms with Crippen LogP contribution in [0.15, 0.2) is 24.3 Å². The molecule has 0 bridgehead atoms. The molecule has 0 amide bonds. The van der Waals surface area contributed by atoms with E-state index in [0.717, 1.165) is 19.0 Å². The Morgan fingerprint density at radius 3 is 2.47 bits per heavy atom.